The van der Waals surface area contributed by atoms with Crippen molar-refractivity contribution in [2.75, 3.05) is 25.0 Å². The van der Waals surface area contributed by atoms with Gasteiger partial charge in [0, 0.05) is 18.0 Å². The second-order valence-electron chi connectivity index (χ2n) is 7.98. The molecule has 6 heteroatoms. The lowest BCUT2D eigenvalue weighted by Gasteiger charge is -2.26. The minimum atomic E-state index is -0.311. The Labute approximate surface area is 203 Å². The van der Waals surface area contributed by atoms with Crippen LogP contribution >= 0.6 is 23.6 Å². The Bertz CT molecular complexity index is 808. The number of thiocarbonyl (C=S) groups is 1. The first-order chi connectivity index (χ1) is 15.6. The Morgan fingerprint density at radius 3 is 2.16 bits per heavy atom. The van der Waals surface area contributed by atoms with Crippen LogP contribution in [-0.2, 0) is 4.74 Å². The number of hydrogen-bond acceptors (Lipinski definition) is 4. The fourth-order valence-electron chi connectivity index (χ4n) is 3.54. The van der Waals surface area contributed by atoms with Gasteiger partial charge in [-0.15, -0.1) is 11.3 Å². The van der Waals surface area contributed by atoms with Gasteiger partial charge >= 0.3 is 5.97 Å². The molecule has 0 saturated heterocycles. The Kier molecular flexibility index (Phi) is 12.4. The zero-order valence-electron chi connectivity index (χ0n) is 19.8. The molecule has 0 amide bonds. The maximum atomic E-state index is 12.6. The highest BCUT2D eigenvalue weighted by molar-refractivity contribution is 7.80. The molecule has 0 radical (unpaired) electrons. The van der Waals surface area contributed by atoms with Gasteiger partial charge in [0.15, 0.2) is 5.11 Å². The predicted molar refractivity (Wildman–Crippen MR) is 142 cm³/mol. The van der Waals surface area contributed by atoms with E-state index in [2.05, 4.69) is 36.2 Å². The fourth-order valence-corrected chi connectivity index (χ4v) is 4.94. The molecule has 0 atom stereocenters. The molecule has 1 aromatic heterocycles. The van der Waals surface area contributed by atoms with Gasteiger partial charge in [-0.1, -0.05) is 82.7 Å². The van der Waals surface area contributed by atoms with Crippen molar-refractivity contribution in [2.24, 2.45) is 0 Å². The third-order valence-corrected chi connectivity index (χ3v) is 6.82. The summed E-state index contributed by atoms with van der Waals surface area (Å²) in [5.41, 5.74) is 1.63. The number of nitrogens with zero attached hydrogens (tertiary/aromatic N) is 1. The van der Waals surface area contributed by atoms with E-state index in [9.17, 15) is 4.79 Å². The van der Waals surface area contributed by atoms with Gasteiger partial charge in [-0.3, -0.25) is 0 Å². The monoisotopic (exact) mass is 474 g/mol. The van der Waals surface area contributed by atoms with E-state index in [1.165, 1.54) is 38.5 Å². The molecule has 4 nitrogen and oxygen atoms in total. The van der Waals surface area contributed by atoms with E-state index in [-0.39, 0.29) is 5.97 Å². The van der Waals surface area contributed by atoms with Crippen LogP contribution in [0.25, 0.3) is 10.4 Å². The SMILES string of the molecule is CCCCCCN(CCCCCC)C(=S)Nc1sc(-c2ccccc2)cc1C(=O)OCC. The molecular weight excluding hydrogens is 436 g/mol. The van der Waals surface area contributed by atoms with Gasteiger partial charge in [-0.2, -0.15) is 0 Å². The number of carbonyl (C=O) groups excluding carboxylic acids is 1. The molecule has 32 heavy (non-hydrogen) atoms. The van der Waals surface area contributed by atoms with Crippen LogP contribution in [0.5, 0.6) is 0 Å². The van der Waals surface area contributed by atoms with Crippen molar-refractivity contribution in [2.45, 2.75) is 72.1 Å². The van der Waals surface area contributed by atoms with Gasteiger partial charge in [-0.05, 0) is 43.6 Å². The maximum Gasteiger partial charge on any atom is 0.341 e. The van der Waals surface area contributed by atoms with Crippen molar-refractivity contribution in [3.63, 3.8) is 0 Å². The number of ether oxygens (including phenoxy) is 1. The number of anilines is 1. The first-order valence-corrected chi connectivity index (χ1v) is 13.2. The summed E-state index contributed by atoms with van der Waals surface area (Å²) in [7, 11) is 0. The number of carbonyl (C=O) groups is 1. The standard InChI is InChI=1S/C26H38N2O2S2/c1-4-7-9-14-18-28(19-15-10-8-5-2)26(31)27-24-22(25(29)30-6-3)20-23(32-24)21-16-12-11-13-17-21/h11-13,16-17,20H,4-10,14-15,18-19H2,1-3H3,(H,27,31). The summed E-state index contributed by atoms with van der Waals surface area (Å²) in [4.78, 5) is 15.9. The molecular formula is C26H38N2O2S2. The summed E-state index contributed by atoms with van der Waals surface area (Å²) in [6.07, 6.45) is 9.65. The third-order valence-electron chi connectivity index (χ3n) is 5.36. The van der Waals surface area contributed by atoms with Crippen LogP contribution in [0.1, 0.15) is 82.5 Å². The van der Waals surface area contributed by atoms with Crippen molar-refractivity contribution in [3.8, 4) is 10.4 Å². The molecule has 0 unspecified atom stereocenters. The molecule has 2 rings (SSSR count). The van der Waals surface area contributed by atoms with E-state index < -0.39 is 0 Å². The van der Waals surface area contributed by atoms with Crippen LogP contribution in [0.3, 0.4) is 0 Å². The van der Waals surface area contributed by atoms with E-state index in [1.807, 2.05) is 31.2 Å². The first kappa shape index (κ1) is 26.3. The van der Waals surface area contributed by atoms with Gasteiger partial charge in [0.1, 0.15) is 5.00 Å². The van der Waals surface area contributed by atoms with Gasteiger partial charge < -0.3 is 15.0 Å². The number of hydrogen-bond donors (Lipinski definition) is 1. The largest absolute Gasteiger partial charge is 0.462 e. The van der Waals surface area contributed by atoms with Gasteiger partial charge in [0.2, 0.25) is 0 Å². The molecule has 0 saturated carbocycles. The van der Waals surface area contributed by atoms with Crippen molar-refractivity contribution >= 4 is 39.6 Å². The second-order valence-corrected chi connectivity index (χ2v) is 9.42. The van der Waals surface area contributed by atoms with E-state index >= 15 is 0 Å². The third kappa shape index (κ3) is 8.55. The van der Waals surface area contributed by atoms with Crippen molar-refractivity contribution in [1.29, 1.82) is 0 Å². The average molecular weight is 475 g/mol. The minimum Gasteiger partial charge on any atom is -0.462 e. The van der Waals surface area contributed by atoms with Crippen molar-refractivity contribution < 1.29 is 9.53 Å². The van der Waals surface area contributed by atoms with Gasteiger partial charge in [0.05, 0.1) is 12.2 Å². The first-order valence-electron chi connectivity index (χ1n) is 12.0. The minimum absolute atomic E-state index is 0.311. The number of thiophene rings is 1. The smallest absolute Gasteiger partial charge is 0.341 e. The van der Waals surface area contributed by atoms with Crippen LogP contribution in [0.15, 0.2) is 36.4 Å². The molecule has 1 aromatic carbocycles. The van der Waals surface area contributed by atoms with Gasteiger partial charge in [0.25, 0.3) is 0 Å². The van der Waals surface area contributed by atoms with Crippen molar-refractivity contribution in [1.82, 2.24) is 4.90 Å². The van der Waals surface area contributed by atoms with Crippen LogP contribution in [0.2, 0.25) is 0 Å². The van der Waals surface area contributed by atoms with Crippen LogP contribution in [0.4, 0.5) is 5.00 Å². The van der Waals surface area contributed by atoms with Crippen molar-refractivity contribution in [3.05, 3.63) is 42.0 Å². The Morgan fingerprint density at radius 1 is 0.969 bits per heavy atom. The summed E-state index contributed by atoms with van der Waals surface area (Å²) in [6, 6.07) is 12.0. The zero-order chi connectivity index (χ0) is 23.2. The molecule has 0 aliphatic rings. The molecule has 0 bridgehead atoms. The topological polar surface area (TPSA) is 41.6 Å². The molecule has 0 aliphatic heterocycles. The second kappa shape index (κ2) is 15.0. The molecule has 0 fully saturated rings. The molecule has 2 aromatic rings. The summed E-state index contributed by atoms with van der Waals surface area (Å²) in [6.45, 7) is 8.53. The quantitative estimate of drug-likeness (QED) is 0.172. The summed E-state index contributed by atoms with van der Waals surface area (Å²) < 4.78 is 5.31. The Morgan fingerprint density at radius 2 is 1.59 bits per heavy atom. The number of rotatable bonds is 14. The highest BCUT2D eigenvalue weighted by atomic mass is 32.1. The number of unbranched alkanes of at least 4 members (excludes halogenated alkanes) is 6. The Hall–Kier alpha value is -1.92. The molecule has 176 valence electrons. The summed E-state index contributed by atoms with van der Waals surface area (Å²) in [5, 5.41) is 4.86. The lowest BCUT2D eigenvalue weighted by atomic mass is 10.1. The Balaban J connectivity index is 2.17. The number of esters is 1. The van der Waals surface area contributed by atoms with Gasteiger partial charge in [-0.25, -0.2) is 4.79 Å². The zero-order valence-corrected chi connectivity index (χ0v) is 21.5. The number of nitrogens with one attached hydrogen (secondary N) is 1. The lowest BCUT2D eigenvalue weighted by molar-refractivity contribution is 0.0528. The summed E-state index contributed by atoms with van der Waals surface area (Å²) in [5.74, 6) is -0.311. The molecule has 1 heterocycles. The highest BCUT2D eigenvalue weighted by Crippen LogP contribution is 2.36. The average Bonchev–Trinajstić information content (AvgIpc) is 3.22. The molecule has 0 aliphatic carbocycles. The normalized spacial score (nSPS) is 10.7. The lowest BCUT2D eigenvalue weighted by Crippen LogP contribution is -2.36. The van der Waals surface area contributed by atoms with E-state index in [4.69, 9.17) is 17.0 Å². The van der Waals surface area contributed by atoms with E-state index in [0.717, 1.165) is 41.4 Å². The van der Waals surface area contributed by atoms with E-state index in [1.54, 1.807) is 11.3 Å². The van der Waals surface area contributed by atoms with E-state index in [0.29, 0.717) is 17.3 Å². The van der Waals surface area contributed by atoms with Crippen LogP contribution in [-0.4, -0.2) is 35.7 Å². The molecule has 1 N–H and O–H groups in total. The highest BCUT2D eigenvalue weighted by Gasteiger charge is 2.20. The van der Waals surface area contributed by atoms with Crippen LogP contribution in [0, 0.1) is 0 Å². The summed E-state index contributed by atoms with van der Waals surface area (Å²) >= 11 is 7.37. The number of benzene rings is 1. The fraction of sp³-hybridized carbons (Fsp3) is 0.538. The van der Waals surface area contributed by atoms with Crippen LogP contribution < -0.4 is 5.32 Å². The predicted octanol–water partition coefficient (Wildman–Crippen LogP) is 7.75. The molecule has 0 spiro atoms. The maximum absolute atomic E-state index is 12.6.